The predicted octanol–water partition coefficient (Wildman–Crippen LogP) is 2.44. The third kappa shape index (κ3) is 2.98. The summed E-state index contributed by atoms with van der Waals surface area (Å²) in [5.74, 6) is 0.118. The van der Waals surface area contributed by atoms with E-state index in [1.165, 1.54) is 4.88 Å². The van der Waals surface area contributed by atoms with Crippen LogP contribution in [0.5, 0.6) is 0 Å². The van der Waals surface area contributed by atoms with Gasteiger partial charge in [0.05, 0.1) is 0 Å². The number of piperazine rings is 1. The van der Waals surface area contributed by atoms with E-state index in [-0.39, 0.29) is 17.7 Å². The molecule has 5 heteroatoms. The molecule has 1 aromatic rings. The fourth-order valence-corrected chi connectivity index (χ4v) is 3.43. The van der Waals surface area contributed by atoms with Crippen LogP contribution < -0.4 is 5.32 Å². The average molecular weight is 308 g/mol. The molecule has 0 aliphatic carbocycles. The molecule has 2 rings (SSSR count). The molecule has 0 saturated carbocycles. The standard InChI is InChI=1S/C16H24N2O2S/c1-5-16(4)15(20)17-13(11(2)3)14(19)18(16)9-8-12-7-6-10-21-12/h6-7,10-11,13H,5,8-9H2,1-4H3,(H,17,20). The van der Waals surface area contributed by atoms with Gasteiger partial charge in [-0.15, -0.1) is 11.3 Å². The third-order valence-electron chi connectivity index (χ3n) is 4.42. The zero-order valence-corrected chi connectivity index (χ0v) is 14.0. The number of rotatable bonds is 5. The molecule has 2 unspecified atom stereocenters. The third-order valence-corrected chi connectivity index (χ3v) is 5.36. The molecule has 1 aliphatic heterocycles. The lowest BCUT2D eigenvalue weighted by atomic mass is 9.87. The van der Waals surface area contributed by atoms with Crippen LogP contribution in [0.1, 0.15) is 39.0 Å². The molecular weight excluding hydrogens is 284 g/mol. The molecule has 0 aromatic carbocycles. The van der Waals surface area contributed by atoms with Crippen LogP contribution in [-0.2, 0) is 16.0 Å². The first kappa shape index (κ1) is 16.0. The molecule has 0 radical (unpaired) electrons. The normalized spacial score (nSPS) is 26.3. The van der Waals surface area contributed by atoms with Gasteiger partial charge in [-0.25, -0.2) is 0 Å². The van der Waals surface area contributed by atoms with Crippen LogP contribution in [0, 0.1) is 5.92 Å². The lowest BCUT2D eigenvalue weighted by molar-refractivity contribution is -0.157. The van der Waals surface area contributed by atoms with Gasteiger partial charge in [0.1, 0.15) is 11.6 Å². The molecule has 1 aromatic heterocycles. The van der Waals surface area contributed by atoms with Gasteiger partial charge in [0.15, 0.2) is 0 Å². The van der Waals surface area contributed by atoms with Crippen molar-refractivity contribution in [3.05, 3.63) is 22.4 Å². The summed E-state index contributed by atoms with van der Waals surface area (Å²) in [6.07, 6.45) is 1.43. The second kappa shape index (κ2) is 6.18. The van der Waals surface area contributed by atoms with Crippen molar-refractivity contribution in [2.45, 2.75) is 52.1 Å². The Morgan fingerprint density at radius 2 is 2.14 bits per heavy atom. The van der Waals surface area contributed by atoms with Crippen molar-refractivity contribution in [1.82, 2.24) is 10.2 Å². The van der Waals surface area contributed by atoms with Crippen molar-refractivity contribution >= 4 is 23.2 Å². The van der Waals surface area contributed by atoms with Gasteiger partial charge in [-0.1, -0.05) is 26.8 Å². The van der Waals surface area contributed by atoms with Crippen molar-refractivity contribution in [2.24, 2.45) is 5.92 Å². The van der Waals surface area contributed by atoms with Gasteiger partial charge in [0.2, 0.25) is 11.8 Å². The Bertz CT molecular complexity index is 512. The molecular formula is C16H24N2O2S. The number of amides is 2. The topological polar surface area (TPSA) is 49.4 Å². The van der Waals surface area contributed by atoms with E-state index < -0.39 is 11.6 Å². The molecule has 116 valence electrons. The molecule has 1 fully saturated rings. The molecule has 2 atom stereocenters. The van der Waals surface area contributed by atoms with Gasteiger partial charge >= 0.3 is 0 Å². The Labute approximate surface area is 130 Å². The monoisotopic (exact) mass is 308 g/mol. The van der Waals surface area contributed by atoms with E-state index in [0.29, 0.717) is 13.0 Å². The van der Waals surface area contributed by atoms with Crippen LogP contribution in [0.25, 0.3) is 0 Å². The van der Waals surface area contributed by atoms with Crippen molar-refractivity contribution < 1.29 is 9.59 Å². The molecule has 2 amide bonds. The van der Waals surface area contributed by atoms with Crippen LogP contribution in [0.3, 0.4) is 0 Å². The highest BCUT2D eigenvalue weighted by molar-refractivity contribution is 7.09. The molecule has 0 spiro atoms. The summed E-state index contributed by atoms with van der Waals surface area (Å²) in [4.78, 5) is 28.3. The zero-order chi connectivity index (χ0) is 15.6. The van der Waals surface area contributed by atoms with Crippen LogP contribution >= 0.6 is 11.3 Å². The highest BCUT2D eigenvalue weighted by Crippen LogP contribution is 2.27. The lowest BCUT2D eigenvalue weighted by Gasteiger charge is -2.47. The Hall–Kier alpha value is -1.36. The number of hydrogen-bond acceptors (Lipinski definition) is 3. The summed E-state index contributed by atoms with van der Waals surface area (Å²) in [5.41, 5.74) is -0.736. The number of carbonyl (C=O) groups is 2. The maximum absolute atomic E-state index is 12.8. The van der Waals surface area contributed by atoms with E-state index in [1.54, 1.807) is 16.2 Å². The maximum Gasteiger partial charge on any atom is 0.246 e. The summed E-state index contributed by atoms with van der Waals surface area (Å²) in [6.45, 7) is 8.36. The summed E-state index contributed by atoms with van der Waals surface area (Å²) in [6, 6.07) is 3.68. The Morgan fingerprint density at radius 1 is 1.43 bits per heavy atom. The van der Waals surface area contributed by atoms with Gasteiger partial charge in [-0.05, 0) is 37.1 Å². The van der Waals surface area contributed by atoms with E-state index in [4.69, 9.17) is 0 Å². The summed E-state index contributed by atoms with van der Waals surface area (Å²) in [5, 5.41) is 4.94. The maximum atomic E-state index is 12.8. The number of nitrogens with one attached hydrogen (secondary N) is 1. The quantitative estimate of drug-likeness (QED) is 0.908. The van der Waals surface area contributed by atoms with E-state index in [1.807, 2.05) is 39.1 Å². The minimum Gasteiger partial charge on any atom is -0.342 e. The Kier molecular flexibility index (Phi) is 4.71. The average Bonchev–Trinajstić information content (AvgIpc) is 2.95. The van der Waals surface area contributed by atoms with Gasteiger partial charge < -0.3 is 10.2 Å². The fraction of sp³-hybridized carbons (Fsp3) is 0.625. The van der Waals surface area contributed by atoms with Crippen LogP contribution in [-0.4, -0.2) is 34.8 Å². The summed E-state index contributed by atoms with van der Waals surface area (Å²) < 4.78 is 0. The molecule has 1 N–H and O–H groups in total. The number of nitrogens with zero attached hydrogens (tertiary/aromatic N) is 1. The number of thiophene rings is 1. The molecule has 21 heavy (non-hydrogen) atoms. The SMILES string of the molecule is CCC1(C)C(=O)NC(C(C)C)C(=O)N1CCc1cccs1. The van der Waals surface area contributed by atoms with E-state index in [2.05, 4.69) is 11.4 Å². The predicted molar refractivity (Wildman–Crippen MR) is 85.2 cm³/mol. The lowest BCUT2D eigenvalue weighted by Crippen LogP contribution is -2.70. The van der Waals surface area contributed by atoms with Crippen molar-refractivity contribution in [1.29, 1.82) is 0 Å². The van der Waals surface area contributed by atoms with Gasteiger partial charge in [0, 0.05) is 11.4 Å². The van der Waals surface area contributed by atoms with Gasteiger partial charge in [0.25, 0.3) is 0 Å². The Morgan fingerprint density at radius 3 is 2.67 bits per heavy atom. The minimum absolute atomic E-state index is 0.0329. The molecule has 4 nitrogen and oxygen atoms in total. The van der Waals surface area contributed by atoms with E-state index in [0.717, 1.165) is 6.42 Å². The van der Waals surface area contributed by atoms with Crippen LogP contribution in [0.4, 0.5) is 0 Å². The first-order valence-corrected chi connectivity index (χ1v) is 8.43. The smallest absolute Gasteiger partial charge is 0.246 e. The van der Waals surface area contributed by atoms with Gasteiger partial charge in [-0.3, -0.25) is 9.59 Å². The van der Waals surface area contributed by atoms with Crippen molar-refractivity contribution in [3.8, 4) is 0 Å². The summed E-state index contributed by atoms with van der Waals surface area (Å²) >= 11 is 1.69. The van der Waals surface area contributed by atoms with Crippen molar-refractivity contribution in [2.75, 3.05) is 6.54 Å². The fourth-order valence-electron chi connectivity index (χ4n) is 2.73. The van der Waals surface area contributed by atoms with Crippen molar-refractivity contribution in [3.63, 3.8) is 0 Å². The van der Waals surface area contributed by atoms with Gasteiger partial charge in [-0.2, -0.15) is 0 Å². The highest BCUT2D eigenvalue weighted by Gasteiger charge is 2.48. The second-order valence-electron chi connectivity index (χ2n) is 6.14. The minimum atomic E-state index is -0.736. The van der Waals surface area contributed by atoms with Crippen LogP contribution in [0.15, 0.2) is 17.5 Å². The van der Waals surface area contributed by atoms with Crippen LogP contribution in [0.2, 0.25) is 0 Å². The van der Waals surface area contributed by atoms with E-state index >= 15 is 0 Å². The number of hydrogen-bond donors (Lipinski definition) is 1. The summed E-state index contributed by atoms with van der Waals surface area (Å²) in [7, 11) is 0. The number of carbonyl (C=O) groups excluding carboxylic acids is 2. The largest absolute Gasteiger partial charge is 0.342 e. The molecule has 1 saturated heterocycles. The molecule has 2 heterocycles. The highest BCUT2D eigenvalue weighted by atomic mass is 32.1. The second-order valence-corrected chi connectivity index (χ2v) is 7.17. The molecule has 0 bridgehead atoms. The first-order valence-electron chi connectivity index (χ1n) is 7.55. The Balaban J connectivity index is 2.22. The van der Waals surface area contributed by atoms with E-state index in [9.17, 15) is 9.59 Å². The first-order chi connectivity index (χ1) is 9.90. The molecule has 1 aliphatic rings. The zero-order valence-electron chi connectivity index (χ0n) is 13.2.